The van der Waals surface area contributed by atoms with Crippen LogP contribution in [0, 0.1) is 0 Å². The van der Waals surface area contributed by atoms with Crippen molar-refractivity contribution in [3.63, 3.8) is 0 Å². The highest BCUT2D eigenvalue weighted by atomic mass is 35.5. The van der Waals surface area contributed by atoms with E-state index in [1.165, 1.54) is 0 Å². The minimum absolute atomic E-state index is 0.433. The largest absolute Gasteiger partial charge is 0.490 e. The van der Waals surface area contributed by atoms with E-state index in [4.69, 9.17) is 11.6 Å². The van der Waals surface area contributed by atoms with E-state index in [1.54, 1.807) is 30.3 Å². The molecule has 0 atom stereocenters. The second-order valence-electron chi connectivity index (χ2n) is 3.59. The molecule has 0 saturated heterocycles. The SMILES string of the molecule is OB(O)c1ccccc1Nc1ccc(Cl)cc1. The first kappa shape index (κ1) is 12.0. The number of nitrogens with one attached hydrogen (secondary N) is 1. The maximum absolute atomic E-state index is 9.22. The zero-order valence-corrected chi connectivity index (χ0v) is 9.72. The Bertz CT molecular complexity index is 502. The van der Waals surface area contributed by atoms with Crippen LogP contribution >= 0.6 is 11.6 Å². The molecule has 0 aliphatic carbocycles. The molecule has 2 aromatic rings. The van der Waals surface area contributed by atoms with Gasteiger partial charge in [0.2, 0.25) is 0 Å². The smallest absolute Gasteiger partial charge is 0.423 e. The van der Waals surface area contributed by atoms with Gasteiger partial charge in [-0.15, -0.1) is 0 Å². The first-order valence-corrected chi connectivity index (χ1v) is 5.52. The maximum atomic E-state index is 9.22. The van der Waals surface area contributed by atoms with E-state index in [0.29, 0.717) is 16.2 Å². The summed E-state index contributed by atoms with van der Waals surface area (Å²) in [7, 11) is -1.49. The predicted octanol–water partition coefficient (Wildman–Crippen LogP) is 1.76. The van der Waals surface area contributed by atoms with Gasteiger partial charge >= 0.3 is 7.12 Å². The Hall–Kier alpha value is -1.49. The molecule has 0 fully saturated rings. The van der Waals surface area contributed by atoms with Crippen LogP contribution in [-0.2, 0) is 0 Å². The van der Waals surface area contributed by atoms with Crippen molar-refractivity contribution in [1.82, 2.24) is 0 Å². The highest BCUT2D eigenvalue weighted by Crippen LogP contribution is 2.17. The number of para-hydroxylation sites is 1. The molecule has 0 aliphatic heterocycles. The van der Waals surface area contributed by atoms with Gasteiger partial charge in [-0.05, 0) is 30.3 Å². The van der Waals surface area contributed by atoms with Crippen LogP contribution in [0.1, 0.15) is 0 Å². The van der Waals surface area contributed by atoms with Gasteiger partial charge < -0.3 is 15.4 Å². The third kappa shape index (κ3) is 3.00. The highest BCUT2D eigenvalue weighted by Gasteiger charge is 2.14. The summed E-state index contributed by atoms with van der Waals surface area (Å²) in [5, 5.41) is 22.2. The van der Waals surface area contributed by atoms with Gasteiger partial charge in [0.1, 0.15) is 0 Å². The Balaban J connectivity index is 2.26. The minimum Gasteiger partial charge on any atom is -0.423 e. The van der Waals surface area contributed by atoms with E-state index in [9.17, 15) is 10.0 Å². The van der Waals surface area contributed by atoms with E-state index < -0.39 is 7.12 Å². The molecular weight excluding hydrogens is 236 g/mol. The Morgan fingerprint density at radius 1 is 0.941 bits per heavy atom. The topological polar surface area (TPSA) is 52.5 Å². The molecule has 0 spiro atoms. The summed E-state index contributed by atoms with van der Waals surface area (Å²) in [6.07, 6.45) is 0. The van der Waals surface area contributed by atoms with E-state index in [1.807, 2.05) is 18.2 Å². The average molecular weight is 247 g/mol. The molecule has 0 heterocycles. The molecule has 3 N–H and O–H groups in total. The summed E-state index contributed by atoms with van der Waals surface area (Å²) in [5.74, 6) is 0. The van der Waals surface area contributed by atoms with E-state index in [0.717, 1.165) is 5.69 Å². The predicted molar refractivity (Wildman–Crippen MR) is 71.0 cm³/mol. The molecule has 86 valence electrons. The van der Waals surface area contributed by atoms with Gasteiger partial charge in [-0.25, -0.2) is 0 Å². The van der Waals surface area contributed by atoms with Gasteiger partial charge in [-0.1, -0.05) is 29.8 Å². The Morgan fingerprint density at radius 3 is 2.24 bits per heavy atom. The summed E-state index contributed by atoms with van der Waals surface area (Å²) >= 11 is 5.79. The van der Waals surface area contributed by atoms with Crippen molar-refractivity contribution in [2.45, 2.75) is 0 Å². The van der Waals surface area contributed by atoms with Crippen molar-refractivity contribution < 1.29 is 10.0 Å². The third-order valence-corrected chi connectivity index (χ3v) is 2.61. The van der Waals surface area contributed by atoms with Gasteiger partial charge in [-0.3, -0.25) is 0 Å². The summed E-state index contributed by atoms with van der Waals surface area (Å²) in [4.78, 5) is 0. The van der Waals surface area contributed by atoms with Crippen LogP contribution in [0.2, 0.25) is 5.02 Å². The molecule has 0 radical (unpaired) electrons. The van der Waals surface area contributed by atoms with Crippen molar-refractivity contribution in [3.8, 4) is 0 Å². The molecule has 0 unspecified atom stereocenters. The Labute approximate surface area is 105 Å². The Morgan fingerprint density at radius 2 is 1.59 bits per heavy atom. The molecule has 17 heavy (non-hydrogen) atoms. The number of benzene rings is 2. The van der Waals surface area contributed by atoms with Crippen LogP contribution in [0.4, 0.5) is 11.4 Å². The lowest BCUT2D eigenvalue weighted by atomic mass is 9.79. The van der Waals surface area contributed by atoms with E-state index in [2.05, 4.69) is 5.32 Å². The van der Waals surface area contributed by atoms with Crippen LogP contribution in [0.25, 0.3) is 0 Å². The normalized spacial score (nSPS) is 10.1. The lowest BCUT2D eigenvalue weighted by Crippen LogP contribution is -2.31. The average Bonchev–Trinajstić information content (AvgIpc) is 2.32. The van der Waals surface area contributed by atoms with Crippen molar-refractivity contribution in [1.29, 1.82) is 0 Å². The summed E-state index contributed by atoms with van der Waals surface area (Å²) < 4.78 is 0. The van der Waals surface area contributed by atoms with Gasteiger partial charge in [0.05, 0.1) is 0 Å². The monoisotopic (exact) mass is 247 g/mol. The fraction of sp³-hybridized carbons (Fsp3) is 0. The van der Waals surface area contributed by atoms with Crippen LogP contribution in [0.5, 0.6) is 0 Å². The summed E-state index contributed by atoms with van der Waals surface area (Å²) in [5.41, 5.74) is 1.93. The molecule has 2 rings (SSSR count). The molecule has 5 heteroatoms. The zero-order valence-electron chi connectivity index (χ0n) is 8.97. The van der Waals surface area contributed by atoms with Crippen LogP contribution in [0.15, 0.2) is 48.5 Å². The molecule has 0 bridgehead atoms. The molecule has 0 aromatic heterocycles. The lowest BCUT2D eigenvalue weighted by molar-refractivity contribution is 0.426. The first-order valence-electron chi connectivity index (χ1n) is 5.14. The van der Waals surface area contributed by atoms with Gasteiger partial charge in [0.15, 0.2) is 0 Å². The van der Waals surface area contributed by atoms with Crippen LogP contribution in [0.3, 0.4) is 0 Å². The van der Waals surface area contributed by atoms with Crippen LogP contribution in [-0.4, -0.2) is 17.2 Å². The quantitative estimate of drug-likeness (QED) is 0.725. The van der Waals surface area contributed by atoms with E-state index in [-0.39, 0.29) is 0 Å². The lowest BCUT2D eigenvalue weighted by Gasteiger charge is -2.11. The van der Waals surface area contributed by atoms with Gasteiger partial charge in [0, 0.05) is 21.9 Å². The van der Waals surface area contributed by atoms with Crippen molar-refractivity contribution >= 4 is 35.6 Å². The second-order valence-corrected chi connectivity index (χ2v) is 4.03. The van der Waals surface area contributed by atoms with Crippen molar-refractivity contribution in [2.24, 2.45) is 0 Å². The molecule has 2 aromatic carbocycles. The fourth-order valence-corrected chi connectivity index (χ4v) is 1.65. The molecule has 0 aliphatic rings. The summed E-state index contributed by atoms with van der Waals surface area (Å²) in [6.45, 7) is 0. The Kier molecular flexibility index (Phi) is 3.69. The van der Waals surface area contributed by atoms with E-state index >= 15 is 0 Å². The second kappa shape index (κ2) is 5.23. The molecule has 3 nitrogen and oxygen atoms in total. The summed E-state index contributed by atoms with van der Waals surface area (Å²) in [6, 6.07) is 14.2. The minimum atomic E-state index is -1.49. The zero-order chi connectivity index (χ0) is 12.3. The van der Waals surface area contributed by atoms with Crippen molar-refractivity contribution in [3.05, 3.63) is 53.6 Å². The molecule has 0 amide bonds. The first-order chi connectivity index (χ1) is 8.16. The molecule has 0 saturated carbocycles. The standard InChI is InChI=1S/C12H11BClNO2/c14-9-5-7-10(8-6-9)15-12-4-2-1-3-11(12)13(16)17/h1-8,15-17H. The van der Waals surface area contributed by atoms with Gasteiger partial charge in [-0.2, -0.15) is 0 Å². The molecular formula is C12H11BClNO2. The van der Waals surface area contributed by atoms with Gasteiger partial charge in [0.25, 0.3) is 0 Å². The third-order valence-electron chi connectivity index (χ3n) is 2.36. The number of rotatable bonds is 3. The van der Waals surface area contributed by atoms with Crippen molar-refractivity contribution in [2.75, 3.05) is 5.32 Å². The number of anilines is 2. The number of hydrogen-bond donors (Lipinski definition) is 3. The number of hydrogen-bond acceptors (Lipinski definition) is 3. The highest BCUT2D eigenvalue weighted by molar-refractivity contribution is 6.60. The maximum Gasteiger partial charge on any atom is 0.490 e. The fourth-order valence-electron chi connectivity index (χ4n) is 1.52. The number of halogens is 1. The van der Waals surface area contributed by atoms with Crippen LogP contribution < -0.4 is 10.8 Å².